The molecule has 0 saturated carbocycles. The molecule has 1 heterocycles. The molecule has 1 aliphatic carbocycles. The van der Waals surface area contributed by atoms with Crippen molar-refractivity contribution >= 4 is 11.7 Å². The van der Waals surface area contributed by atoms with Crippen molar-refractivity contribution in [3.8, 4) is 0 Å². The van der Waals surface area contributed by atoms with Crippen molar-refractivity contribution in [1.82, 2.24) is 0 Å². The predicted molar refractivity (Wildman–Crippen MR) is 100 cm³/mol. The molecule has 0 radical (unpaired) electrons. The number of fused-ring (bicyclic) bond motifs is 3. The second-order valence-electron chi connectivity index (χ2n) is 7.09. The first kappa shape index (κ1) is 15.9. The fourth-order valence-electron chi connectivity index (χ4n) is 4.33. The van der Waals surface area contributed by atoms with Crippen LogP contribution in [0.3, 0.4) is 0 Å². The molecule has 0 fully saturated rings. The maximum absolute atomic E-state index is 11.7. The Bertz CT molecular complexity index is 851. The van der Waals surface area contributed by atoms with Crippen LogP contribution < -0.4 is 5.32 Å². The van der Waals surface area contributed by atoms with Crippen molar-refractivity contribution in [3.05, 3.63) is 76.4 Å². The molecule has 2 aromatic rings. The Morgan fingerprint density at radius 1 is 1.20 bits per heavy atom. The number of allylic oxidation sites excluding steroid dienone is 2. The maximum Gasteiger partial charge on any atom is 0.336 e. The van der Waals surface area contributed by atoms with Gasteiger partial charge in [-0.1, -0.05) is 49.4 Å². The Kier molecular flexibility index (Phi) is 3.87. The lowest BCUT2D eigenvalue weighted by molar-refractivity contribution is 0.0695. The number of benzene rings is 2. The van der Waals surface area contributed by atoms with Crippen molar-refractivity contribution < 1.29 is 9.90 Å². The highest BCUT2D eigenvalue weighted by molar-refractivity contribution is 5.93. The molecule has 0 amide bonds. The van der Waals surface area contributed by atoms with Crippen LogP contribution in [0, 0.1) is 12.8 Å². The van der Waals surface area contributed by atoms with Crippen LogP contribution in [0.5, 0.6) is 0 Å². The number of carboxylic acid groups (broad SMARTS) is 1. The Balaban J connectivity index is 1.82. The van der Waals surface area contributed by atoms with E-state index < -0.39 is 5.97 Å². The van der Waals surface area contributed by atoms with Gasteiger partial charge in [-0.05, 0) is 54.0 Å². The fraction of sp³-hybridized carbons (Fsp3) is 0.318. The van der Waals surface area contributed by atoms with Crippen LogP contribution in [0.2, 0.25) is 0 Å². The molecule has 0 aromatic heterocycles. The molecule has 4 rings (SSSR count). The average molecular weight is 333 g/mol. The smallest absolute Gasteiger partial charge is 0.336 e. The van der Waals surface area contributed by atoms with E-state index in [1.54, 1.807) is 6.07 Å². The van der Waals surface area contributed by atoms with Gasteiger partial charge in [-0.25, -0.2) is 4.79 Å². The zero-order chi connectivity index (χ0) is 17.6. The highest BCUT2D eigenvalue weighted by Crippen LogP contribution is 2.51. The maximum atomic E-state index is 11.7. The molecule has 128 valence electrons. The van der Waals surface area contributed by atoms with Crippen LogP contribution in [0.1, 0.15) is 57.9 Å². The molecule has 0 unspecified atom stereocenters. The monoisotopic (exact) mass is 333 g/mol. The Morgan fingerprint density at radius 2 is 1.96 bits per heavy atom. The topological polar surface area (TPSA) is 49.3 Å². The van der Waals surface area contributed by atoms with Crippen LogP contribution in [-0.2, 0) is 6.42 Å². The van der Waals surface area contributed by atoms with Crippen molar-refractivity contribution in [2.75, 3.05) is 5.32 Å². The van der Waals surface area contributed by atoms with E-state index in [9.17, 15) is 9.90 Å². The molecule has 1 aliphatic heterocycles. The SMILES string of the molecule is CCc1ccc([C@@H]2Nc3c(C)ccc(C(=O)O)c3[C@H]3C=CC[C@H]32)cc1. The molecule has 3 nitrogen and oxygen atoms in total. The van der Waals surface area contributed by atoms with Crippen molar-refractivity contribution in [1.29, 1.82) is 0 Å². The second-order valence-corrected chi connectivity index (χ2v) is 7.09. The van der Waals surface area contributed by atoms with E-state index in [4.69, 9.17) is 0 Å². The van der Waals surface area contributed by atoms with E-state index in [0.29, 0.717) is 11.5 Å². The molecular formula is C22H23NO2. The molecule has 2 N–H and O–H groups in total. The number of anilines is 1. The zero-order valence-electron chi connectivity index (χ0n) is 14.6. The number of carbonyl (C=O) groups is 1. The number of nitrogens with one attached hydrogen (secondary N) is 1. The summed E-state index contributed by atoms with van der Waals surface area (Å²) >= 11 is 0. The van der Waals surface area contributed by atoms with E-state index in [2.05, 4.69) is 48.7 Å². The summed E-state index contributed by atoms with van der Waals surface area (Å²) in [6.07, 6.45) is 6.41. The van der Waals surface area contributed by atoms with Crippen LogP contribution >= 0.6 is 0 Å². The molecule has 0 bridgehead atoms. The number of hydrogen-bond donors (Lipinski definition) is 2. The van der Waals surface area contributed by atoms with Gasteiger partial charge < -0.3 is 10.4 Å². The van der Waals surface area contributed by atoms with Crippen molar-refractivity contribution in [2.45, 2.75) is 38.6 Å². The lowest BCUT2D eigenvalue weighted by Crippen LogP contribution is -2.31. The van der Waals surface area contributed by atoms with Gasteiger partial charge in [-0.2, -0.15) is 0 Å². The van der Waals surface area contributed by atoms with Gasteiger partial charge in [0.15, 0.2) is 0 Å². The van der Waals surface area contributed by atoms with E-state index in [1.807, 2.05) is 13.0 Å². The third kappa shape index (κ3) is 2.55. The highest BCUT2D eigenvalue weighted by Gasteiger charge is 2.40. The largest absolute Gasteiger partial charge is 0.478 e. The molecule has 2 aliphatic rings. The quantitative estimate of drug-likeness (QED) is 0.770. The van der Waals surface area contributed by atoms with Crippen LogP contribution in [0.4, 0.5) is 5.69 Å². The van der Waals surface area contributed by atoms with Gasteiger partial charge >= 0.3 is 5.97 Å². The number of carboxylic acids is 1. The molecule has 0 saturated heterocycles. The van der Waals surface area contributed by atoms with E-state index in [1.165, 1.54) is 11.1 Å². The van der Waals surface area contributed by atoms with Crippen molar-refractivity contribution in [2.24, 2.45) is 5.92 Å². The first-order valence-electron chi connectivity index (χ1n) is 8.99. The molecule has 3 atom stereocenters. The van der Waals surface area contributed by atoms with E-state index >= 15 is 0 Å². The van der Waals surface area contributed by atoms with Gasteiger partial charge in [0.1, 0.15) is 0 Å². The predicted octanol–water partition coefficient (Wildman–Crippen LogP) is 5.08. The Hall–Kier alpha value is -2.55. The van der Waals surface area contributed by atoms with Gasteiger partial charge in [0.2, 0.25) is 0 Å². The minimum atomic E-state index is -0.845. The average Bonchev–Trinajstić information content (AvgIpc) is 3.11. The number of aryl methyl sites for hydroxylation is 2. The summed E-state index contributed by atoms with van der Waals surface area (Å²) in [5, 5.41) is 13.3. The summed E-state index contributed by atoms with van der Waals surface area (Å²) in [7, 11) is 0. The summed E-state index contributed by atoms with van der Waals surface area (Å²) in [5.74, 6) is -0.319. The Morgan fingerprint density at radius 3 is 2.64 bits per heavy atom. The van der Waals surface area contributed by atoms with Crippen LogP contribution in [-0.4, -0.2) is 11.1 Å². The first-order chi connectivity index (χ1) is 12.1. The Labute approximate surface area is 148 Å². The third-order valence-electron chi connectivity index (χ3n) is 5.71. The van der Waals surface area contributed by atoms with Crippen LogP contribution in [0.25, 0.3) is 0 Å². The highest BCUT2D eigenvalue weighted by atomic mass is 16.4. The number of aromatic carboxylic acids is 1. The van der Waals surface area contributed by atoms with Gasteiger partial charge in [-0.3, -0.25) is 0 Å². The second kappa shape index (κ2) is 6.07. The standard InChI is InChI=1S/C22H23NO2/c1-3-14-8-10-15(11-9-14)21-17-6-4-5-16(17)19-18(22(24)25)12-7-13(2)20(19)23-21/h4-5,7-12,16-17,21,23H,3,6H2,1-2H3,(H,24,25)/t16-,17+,21-/m0/s1. The van der Waals surface area contributed by atoms with E-state index in [0.717, 1.165) is 29.7 Å². The summed E-state index contributed by atoms with van der Waals surface area (Å²) in [6, 6.07) is 12.7. The number of hydrogen-bond acceptors (Lipinski definition) is 2. The van der Waals surface area contributed by atoms with Gasteiger partial charge in [0.05, 0.1) is 11.6 Å². The minimum absolute atomic E-state index is 0.165. The fourth-order valence-corrected chi connectivity index (χ4v) is 4.33. The first-order valence-corrected chi connectivity index (χ1v) is 8.99. The number of rotatable bonds is 3. The summed E-state index contributed by atoms with van der Waals surface area (Å²) in [4.78, 5) is 11.7. The molecule has 2 aromatic carbocycles. The molecular weight excluding hydrogens is 310 g/mol. The molecule has 3 heteroatoms. The third-order valence-corrected chi connectivity index (χ3v) is 5.71. The van der Waals surface area contributed by atoms with Gasteiger partial charge in [0.25, 0.3) is 0 Å². The summed E-state index contributed by atoms with van der Waals surface area (Å²) in [6.45, 7) is 4.21. The summed E-state index contributed by atoms with van der Waals surface area (Å²) < 4.78 is 0. The normalized spacial score (nSPS) is 23.7. The minimum Gasteiger partial charge on any atom is -0.478 e. The zero-order valence-corrected chi connectivity index (χ0v) is 14.6. The van der Waals surface area contributed by atoms with Gasteiger partial charge in [0, 0.05) is 11.6 Å². The lowest BCUT2D eigenvalue weighted by atomic mass is 9.74. The van der Waals surface area contributed by atoms with Crippen LogP contribution in [0.15, 0.2) is 48.6 Å². The molecule has 25 heavy (non-hydrogen) atoms. The van der Waals surface area contributed by atoms with Crippen molar-refractivity contribution in [3.63, 3.8) is 0 Å². The lowest BCUT2D eigenvalue weighted by Gasteiger charge is -2.39. The van der Waals surface area contributed by atoms with Gasteiger partial charge in [-0.15, -0.1) is 0 Å². The summed E-state index contributed by atoms with van der Waals surface area (Å²) in [5.41, 5.74) is 6.10. The molecule has 0 spiro atoms. The van der Waals surface area contributed by atoms with E-state index in [-0.39, 0.29) is 12.0 Å².